The maximum atomic E-state index is 14.6. The van der Waals surface area contributed by atoms with Crippen molar-refractivity contribution in [2.24, 2.45) is 34.5 Å². The van der Waals surface area contributed by atoms with E-state index in [0.29, 0.717) is 25.3 Å². The fourth-order valence-corrected chi connectivity index (χ4v) is 9.09. The Morgan fingerprint density at radius 2 is 1.51 bits per heavy atom. The van der Waals surface area contributed by atoms with E-state index in [1.807, 2.05) is 41.5 Å². The summed E-state index contributed by atoms with van der Waals surface area (Å²) in [6.07, 6.45) is 8.24. The number of sulfonamides is 1. The summed E-state index contributed by atoms with van der Waals surface area (Å²) in [7, 11) is -2.16. The SMILES string of the molecule is C=CCCC(=O)C(=O)C(CC(=O)[C@@H]1[C@H]2CCC[C@H]2CN1C(=O)[C@@H](NC(=O)N[C@H](CN(C)S(=O)(=O)C(C)(C)C)C(C)(C)C)C(C)(C)C)CC1CCC1. The van der Waals surface area contributed by atoms with Gasteiger partial charge in [0, 0.05) is 44.9 Å². The van der Waals surface area contributed by atoms with E-state index in [2.05, 4.69) is 17.2 Å². The molecule has 51 heavy (non-hydrogen) atoms. The molecule has 0 aromatic heterocycles. The number of amides is 3. The highest BCUT2D eigenvalue weighted by molar-refractivity contribution is 7.90. The van der Waals surface area contributed by atoms with E-state index in [1.54, 1.807) is 31.7 Å². The number of nitrogens with one attached hydrogen (secondary N) is 2. The van der Waals surface area contributed by atoms with Crippen molar-refractivity contribution in [2.75, 3.05) is 20.1 Å². The van der Waals surface area contributed by atoms with E-state index >= 15 is 0 Å². The molecule has 2 aliphatic carbocycles. The van der Waals surface area contributed by atoms with E-state index in [0.717, 1.165) is 38.5 Å². The van der Waals surface area contributed by atoms with Crippen molar-refractivity contribution in [3.05, 3.63) is 12.7 Å². The lowest BCUT2D eigenvalue weighted by atomic mass is 9.75. The number of fused-ring (bicyclic) bond motifs is 1. The number of rotatable bonds is 16. The topological polar surface area (TPSA) is 150 Å². The van der Waals surface area contributed by atoms with Crippen molar-refractivity contribution in [3.8, 4) is 0 Å². The molecule has 3 amide bonds. The fourth-order valence-electron chi connectivity index (χ4n) is 7.81. The number of ketones is 3. The van der Waals surface area contributed by atoms with Gasteiger partial charge in [-0.1, -0.05) is 73.3 Å². The second kappa shape index (κ2) is 16.6. The van der Waals surface area contributed by atoms with Crippen LogP contribution in [0.25, 0.3) is 0 Å². The summed E-state index contributed by atoms with van der Waals surface area (Å²) in [5, 5.41) is 5.87. The van der Waals surface area contributed by atoms with Crippen molar-refractivity contribution in [2.45, 2.75) is 149 Å². The normalized spacial score (nSPS) is 23.2. The molecule has 1 saturated heterocycles. The molecule has 6 atom stereocenters. The zero-order valence-electron chi connectivity index (χ0n) is 33.0. The van der Waals surface area contributed by atoms with Gasteiger partial charge in [0.1, 0.15) is 6.04 Å². The van der Waals surface area contributed by atoms with Crippen LogP contribution in [0.4, 0.5) is 4.79 Å². The van der Waals surface area contributed by atoms with Crippen LogP contribution in [0.5, 0.6) is 0 Å². The lowest BCUT2D eigenvalue weighted by molar-refractivity contribution is -0.144. The number of hydrogen-bond donors (Lipinski definition) is 2. The molecule has 3 fully saturated rings. The maximum Gasteiger partial charge on any atom is 0.315 e. The summed E-state index contributed by atoms with van der Waals surface area (Å²) in [6, 6.07) is -2.90. The summed E-state index contributed by atoms with van der Waals surface area (Å²) in [6.45, 7) is 20.3. The molecule has 290 valence electrons. The first-order valence-corrected chi connectivity index (χ1v) is 20.4. The van der Waals surface area contributed by atoms with Gasteiger partial charge in [0.25, 0.3) is 0 Å². The first-order chi connectivity index (χ1) is 23.4. The summed E-state index contributed by atoms with van der Waals surface area (Å²) < 4.78 is 26.5. The van der Waals surface area contributed by atoms with Crippen LogP contribution in [0.15, 0.2) is 12.7 Å². The van der Waals surface area contributed by atoms with Gasteiger partial charge in [0.15, 0.2) is 11.6 Å². The zero-order chi connectivity index (χ0) is 38.7. The number of carbonyl (C=O) groups is 5. The van der Waals surface area contributed by atoms with Crippen LogP contribution in [-0.2, 0) is 29.2 Å². The molecule has 12 heteroatoms. The van der Waals surface area contributed by atoms with Crippen LogP contribution in [0.1, 0.15) is 127 Å². The van der Waals surface area contributed by atoms with Gasteiger partial charge < -0.3 is 15.5 Å². The highest BCUT2D eigenvalue weighted by Crippen LogP contribution is 2.44. The standard InChI is InChI=1S/C39H66N4O7S/c1-12-13-20-29(44)33(46)27(21-25-16-14-17-25)22-30(45)32-28-19-15-18-26(28)23-43(32)35(47)34(38(5,6)7)41-36(48)40-31(37(2,3)4)24-42(11)51(49,50)39(8,9)10/h12,25-28,31-32,34H,1,13-24H2,2-11H3,(H2,40,41,48)/t26-,27?,28-,31+,32-,34+/m0/s1. The number of Topliss-reactive ketones (excluding diaryl/α,β-unsaturated/α-hetero) is 3. The monoisotopic (exact) mass is 734 g/mol. The molecular formula is C39H66N4O7S. The number of allylic oxidation sites excluding steroid dienone is 1. The van der Waals surface area contributed by atoms with Crippen molar-refractivity contribution >= 4 is 39.3 Å². The van der Waals surface area contributed by atoms with E-state index < -0.39 is 67.2 Å². The molecule has 2 N–H and O–H groups in total. The maximum absolute atomic E-state index is 14.6. The van der Waals surface area contributed by atoms with E-state index in [4.69, 9.17) is 0 Å². The Morgan fingerprint density at radius 1 is 0.902 bits per heavy atom. The third-order valence-electron chi connectivity index (χ3n) is 11.4. The van der Waals surface area contributed by atoms with Gasteiger partial charge in [-0.05, 0) is 75.0 Å². The Hall–Kier alpha value is -2.60. The Kier molecular flexibility index (Phi) is 13.9. The number of hydrogen-bond acceptors (Lipinski definition) is 7. The lowest BCUT2D eigenvalue weighted by Crippen LogP contribution is -2.61. The molecule has 0 aromatic carbocycles. The van der Waals surface area contributed by atoms with Gasteiger partial charge in [-0.3, -0.25) is 19.2 Å². The third-order valence-corrected chi connectivity index (χ3v) is 13.9. The van der Waals surface area contributed by atoms with E-state index in [1.165, 1.54) is 11.4 Å². The quantitative estimate of drug-likeness (QED) is 0.153. The number of likely N-dealkylation sites (tertiary alicyclic amines) is 1. The first kappa shape index (κ1) is 42.8. The fraction of sp³-hybridized carbons (Fsp3) is 0.821. The Balaban J connectivity index is 1.85. The van der Waals surface area contributed by atoms with E-state index in [-0.39, 0.29) is 42.9 Å². The Morgan fingerprint density at radius 3 is 2.02 bits per heavy atom. The number of likely N-dealkylation sites (N-methyl/N-ethyl adjacent to an activating group) is 1. The van der Waals surface area contributed by atoms with Crippen LogP contribution < -0.4 is 10.6 Å². The van der Waals surface area contributed by atoms with Gasteiger partial charge in [-0.25, -0.2) is 17.5 Å². The summed E-state index contributed by atoms with van der Waals surface area (Å²) >= 11 is 0. The smallest absolute Gasteiger partial charge is 0.315 e. The Labute approximate surface area is 307 Å². The molecule has 11 nitrogen and oxygen atoms in total. The minimum absolute atomic E-state index is 0.0302. The van der Waals surface area contributed by atoms with Gasteiger partial charge in [-0.15, -0.1) is 6.58 Å². The zero-order valence-corrected chi connectivity index (χ0v) is 33.8. The van der Waals surface area contributed by atoms with Gasteiger partial charge in [0.05, 0.1) is 10.8 Å². The molecule has 0 spiro atoms. The minimum Gasteiger partial charge on any atom is -0.334 e. The molecule has 1 aliphatic heterocycles. The summed E-state index contributed by atoms with van der Waals surface area (Å²) in [4.78, 5) is 70.5. The molecule has 0 bridgehead atoms. The van der Waals surface area contributed by atoms with Crippen LogP contribution in [0, 0.1) is 34.5 Å². The van der Waals surface area contributed by atoms with Gasteiger partial charge in [-0.2, -0.15) is 0 Å². The molecule has 2 saturated carbocycles. The number of nitrogens with zero attached hydrogens (tertiary/aromatic N) is 2. The van der Waals surface area contributed by atoms with Crippen molar-refractivity contribution in [3.63, 3.8) is 0 Å². The lowest BCUT2D eigenvalue weighted by Gasteiger charge is -2.39. The van der Waals surface area contributed by atoms with Gasteiger partial charge in [0.2, 0.25) is 21.7 Å². The molecule has 3 aliphatic rings. The highest BCUT2D eigenvalue weighted by Gasteiger charge is 2.52. The predicted molar refractivity (Wildman–Crippen MR) is 200 cm³/mol. The third kappa shape index (κ3) is 10.5. The predicted octanol–water partition coefficient (Wildman–Crippen LogP) is 5.67. The average molecular weight is 735 g/mol. The van der Waals surface area contributed by atoms with Crippen LogP contribution in [-0.4, -0.2) is 89.9 Å². The number of carbonyl (C=O) groups excluding carboxylic acids is 5. The molecule has 1 heterocycles. The number of urea groups is 1. The summed E-state index contributed by atoms with van der Waals surface area (Å²) in [5.74, 6) is -1.75. The van der Waals surface area contributed by atoms with Crippen molar-refractivity contribution < 1.29 is 32.4 Å². The Bertz CT molecular complexity index is 1420. The van der Waals surface area contributed by atoms with Crippen LogP contribution >= 0.6 is 0 Å². The highest BCUT2D eigenvalue weighted by atomic mass is 32.2. The second-order valence-corrected chi connectivity index (χ2v) is 21.3. The van der Waals surface area contributed by atoms with Crippen LogP contribution in [0.2, 0.25) is 0 Å². The van der Waals surface area contributed by atoms with Crippen molar-refractivity contribution in [1.29, 1.82) is 0 Å². The minimum atomic E-state index is -3.66. The molecule has 0 radical (unpaired) electrons. The molecule has 3 rings (SSSR count). The average Bonchev–Trinajstić information content (AvgIpc) is 3.58. The van der Waals surface area contributed by atoms with E-state index in [9.17, 15) is 32.4 Å². The van der Waals surface area contributed by atoms with Gasteiger partial charge >= 0.3 is 6.03 Å². The second-order valence-electron chi connectivity index (χ2n) is 18.5. The first-order valence-electron chi connectivity index (χ1n) is 18.9. The molecule has 1 unspecified atom stereocenters. The molecule has 0 aromatic rings. The summed E-state index contributed by atoms with van der Waals surface area (Å²) in [5.41, 5.74) is -1.26. The largest absolute Gasteiger partial charge is 0.334 e. The molecular weight excluding hydrogens is 669 g/mol. The van der Waals surface area contributed by atoms with Crippen molar-refractivity contribution in [1.82, 2.24) is 19.8 Å². The van der Waals surface area contributed by atoms with Crippen LogP contribution in [0.3, 0.4) is 0 Å².